The van der Waals surface area contributed by atoms with Gasteiger partial charge in [0.25, 0.3) is 5.91 Å². The van der Waals surface area contributed by atoms with Crippen molar-refractivity contribution >= 4 is 11.4 Å². The molecule has 3 heterocycles. The van der Waals surface area contributed by atoms with Crippen LogP contribution in [0.1, 0.15) is 28.8 Å². The van der Waals surface area contributed by atoms with E-state index in [1.807, 2.05) is 24.0 Å². The standard InChI is InChI=1S/C14H18N4O/c1-10-7-16-18-8-11(4-5-13(10)18)14(19)17-6-2-3-12(15)9-17/h4-5,7-8,12H,2-3,6,9,15H2,1H3/t12-/m1/s1. The van der Waals surface area contributed by atoms with E-state index in [9.17, 15) is 4.79 Å². The van der Waals surface area contributed by atoms with Crippen LogP contribution >= 0.6 is 0 Å². The number of fused-ring (bicyclic) bond motifs is 1. The van der Waals surface area contributed by atoms with Gasteiger partial charge in [0.15, 0.2) is 0 Å². The van der Waals surface area contributed by atoms with E-state index in [1.54, 1.807) is 16.9 Å². The summed E-state index contributed by atoms with van der Waals surface area (Å²) >= 11 is 0. The average Bonchev–Trinajstić information content (AvgIpc) is 2.79. The summed E-state index contributed by atoms with van der Waals surface area (Å²) in [6, 6.07) is 3.92. The Morgan fingerprint density at radius 1 is 1.47 bits per heavy atom. The van der Waals surface area contributed by atoms with E-state index >= 15 is 0 Å². The fourth-order valence-electron chi connectivity index (χ4n) is 2.62. The van der Waals surface area contributed by atoms with Crippen LogP contribution < -0.4 is 5.73 Å². The minimum atomic E-state index is 0.0465. The third-order valence-electron chi connectivity index (χ3n) is 3.70. The Bertz CT molecular complexity index is 619. The number of likely N-dealkylation sites (tertiary alicyclic amines) is 1. The molecule has 1 aliphatic heterocycles. The molecule has 1 fully saturated rings. The van der Waals surface area contributed by atoms with Crippen molar-refractivity contribution in [3.05, 3.63) is 35.7 Å². The highest BCUT2D eigenvalue weighted by molar-refractivity contribution is 5.94. The summed E-state index contributed by atoms with van der Waals surface area (Å²) in [4.78, 5) is 14.3. The van der Waals surface area contributed by atoms with Gasteiger partial charge in [-0.05, 0) is 37.5 Å². The molecular formula is C14H18N4O. The second kappa shape index (κ2) is 4.66. The van der Waals surface area contributed by atoms with Gasteiger partial charge >= 0.3 is 0 Å². The Morgan fingerprint density at radius 2 is 2.32 bits per heavy atom. The molecular weight excluding hydrogens is 240 g/mol. The quantitative estimate of drug-likeness (QED) is 0.836. The maximum absolute atomic E-state index is 12.4. The molecule has 0 aromatic carbocycles. The lowest BCUT2D eigenvalue weighted by molar-refractivity contribution is 0.0708. The minimum Gasteiger partial charge on any atom is -0.337 e. The molecule has 2 aromatic heterocycles. The Labute approximate surface area is 112 Å². The van der Waals surface area contributed by atoms with E-state index in [-0.39, 0.29) is 11.9 Å². The molecule has 1 aliphatic rings. The highest BCUT2D eigenvalue weighted by Gasteiger charge is 2.22. The van der Waals surface area contributed by atoms with Gasteiger partial charge in [0.05, 0.1) is 17.3 Å². The first kappa shape index (κ1) is 12.2. The Hall–Kier alpha value is -1.88. The van der Waals surface area contributed by atoms with Crippen LogP contribution in [-0.2, 0) is 0 Å². The number of hydrogen-bond acceptors (Lipinski definition) is 3. The van der Waals surface area contributed by atoms with Crippen LogP contribution in [0.4, 0.5) is 0 Å². The normalized spacial score (nSPS) is 19.9. The van der Waals surface area contributed by atoms with Gasteiger partial charge in [-0.2, -0.15) is 5.10 Å². The summed E-state index contributed by atoms with van der Waals surface area (Å²) in [6.45, 7) is 3.45. The predicted octanol–water partition coefficient (Wildman–Crippen LogP) is 1.21. The number of carbonyl (C=O) groups is 1. The second-order valence-electron chi connectivity index (χ2n) is 5.23. The number of piperidine rings is 1. The third kappa shape index (κ3) is 2.21. The number of pyridine rings is 1. The molecule has 5 nitrogen and oxygen atoms in total. The first-order chi connectivity index (χ1) is 9.15. The van der Waals surface area contributed by atoms with E-state index in [4.69, 9.17) is 5.73 Å². The third-order valence-corrected chi connectivity index (χ3v) is 3.70. The van der Waals surface area contributed by atoms with E-state index in [1.165, 1.54) is 0 Å². The molecule has 0 aliphatic carbocycles. The number of hydrogen-bond donors (Lipinski definition) is 1. The van der Waals surface area contributed by atoms with Crippen LogP contribution in [0.2, 0.25) is 0 Å². The van der Waals surface area contributed by atoms with Crippen LogP contribution in [0.3, 0.4) is 0 Å². The molecule has 1 amide bonds. The maximum atomic E-state index is 12.4. The van der Waals surface area contributed by atoms with Gasteiger partial charge in [-0.1, -0.05) is 0 Å². The van der Waals surface area contributed by atoms with Crippen LogP contribution in [0.5, 0.6) is 0 Å². The van der Waals surface area contributed by atoms with E-state index in [2.05, 4.69) is 5.10 Å². The van der Waals surface area contributed by atoms with E-state index < -0.39 is 0 Å². The van der Waals surface area contributed by atoms with Gasteiger partial charge in [-0.25, -0.2) is 4.52 Å². The molecule has 0 spiro atoms. The molecule has 0 bridgehead atoms. The van der Waals surface area contributed by atoms with E-state index in [0.717, 1.165) is 30.5 Å². The fourth-order valence-corrected chi connectivity index (χ4v) is 2.62. The zero-order chi connectivity index (χ0) is 13.4. The molecule has 100 valence electrons. The van der Waals surface area contributed by atoms with Crippen LogP contribution in [0.25, 0.3) is 5.52 Å². The fraction of sp³-hybridized carbons (Fsp3) is 0.429. The first-order valence-corrected chi connectivity index (χ1v) is 6.64. The summed E-state index contributed by atoms with van der Waals surface area (Å²) in [5.41, 5.74) is 8.74. The van der Waals surface area contributed by atoms with Gasteiger partial charge in [-0.15, -0.1) is 0 Å². The van der Waals surface area contributed by atoms with Crippen molar-refractivity contribution < 1.29 is 4.79 Å². The van der Waals surface area contributed by atoms with Crippen molar-refractivity contribution in [2.75, 3.05) is 13.1 Å². The highest BCUT2D eigenvalue weighted by atomic mass is 16.2. The molecule has 5 heteroatoms. The van der Waals surface area contributed by atoms with Crippen molar-refractivity contribution in [1.29, 1.82) is 0 Å². The average molecular weight is 258 g/mol. The molecule has 2 N–H and O–H groups in total. The number of carbonyl (C=O) groups excluding carboxylic acids is 1. The van der Waals surface area contributed by atoms with Gasteiger partial charge in [0, 0.05) is 25.3 Å². The number of rotatable bonds is 1. The number of aromatic nitrogens is 2. The molecule has 3 rings (SSSR count). The lowest BCUT2D eigenvalue weighted by atomic mass is 10.1. The SMILES string of the molecule is Cc1cnn2cc(C(=O)N3CCC[C@@H](N)C3)ccc12. The number of aryl methyl sites for hydroxylation is 1. The zero-order valence-electron chi connectivity index (χ0n) is 11.0. The summed E-state index contributed by atoms with van der Waals surface area (Å²) in [5.74, 6) is 0.0465. The smallest absolute Gasteiger partial charge is 0.255 e. The van der Waals surface area contributed by atoms with Crippen LogP contribution in [-0.4, -0.2) is 39.6 Å². The summed E-state index contributed by atoms with van der Waals surface area (Å²) in [5, 5.41) is 4.24. The van der Waals surface area contributed by atoms with Gasteiger partial charge in [0.2, 0.25) is 0 Å². The molecule has 19 heavy (non-hydrogen) atoms. The number of nitrogens with two attached hydrogens (primary N) is 1. The Morgan fingerprint density at radius 3 is 3.11 bits per heavy atom. The zero-order valence-corrected chi connectivity index (χ0v) is 11.0. The van der Waals surface area contributed by atoms with Crippen LogP contribution in [0, 0.1) is 6.92 Å². The second-order valence-corrected chi connectivity index (χ2v) is 5.23. The van der Waals surface area contributed by atoms with Crippen LogP contribution in [0.15, 0.2) is 24.5 Å². The molecule has 0 saturated carbocycles. The predicted molar refractivity (Wildman–Crippen MR) is 73.0 cm³/mol. The monoisotopic (exact) mass is 258 g/mol. The number of amides is 1. The van der Waals surface area contributed by atoms with Crippen molar-refractivity contribution in [2.24, 2.45) is 5.73 Å². The minimum absolute atomic E-state index is 0.0465. The molecule has 1 saturated heterocycles. The van der Waals surface area contributed by atoms with Crippen molar-refractivity contribution in [3.8, 4) is 0 Å². The topological polar surface area (TPSA) is 63.6 Å². The Balaban J connectivity index is 1.88. The molecule has 0 radical (unpaired) electrons. The lowest BCUT2D eigenvalue weighted by Crippen LogP contribution is -2.45. The summed E-state index contributed by atoms with van der Waals surface area (Å²) in [6.07, 6.45) is 5.59. The van der Waals surface area contributed by atoms with Gasteiger partial charge in [-0.3, -0.25) is 4.79 Å². The number of nitrogens with zero attached hydrogens (tertiary/aromatic N) is 3. The summed E-state index contributed by atoms with van der Waals surface area (Å²) < 4.78 is 1.76. The Kier molecular flexibility index (Phi) is 2.98. The van der Waals surface area contributed by atoms with Crippen molar-refractivity contribution in [2.45, 2.75) is 25.8 Å². The largest absolute Gasteiger partial charge is 0.337 e. The first-order valence-electron chi connectivity index (χ1n) is 6.64. The maximum Gasteiger partial charge on any atom is 0.255 e. The highest BCUT2D eigenvalue weighted by Crippen LogP contribution is 2.15. The lowest BCUT2D eigenvalue weighted by Gasteiger charge is -2.30. The van der Waals surface area contributed by atoms with Gasteiger partial charge in [0.1, 0.15) is 0 Å². The summed E-state index contributed by atoms with van der Waals surface area (Å²) in [7, 11) is 0. The van der Waals surface area contributed by atoms with Gasteiger partial charge < -0.3 is 10.6 Å². The molecule has 1 atom stereocenters. The van der Waals surface area contributed by atoms with E-state index in [0.29, 0.717) is 12.1 Å². The van der Waals surface area contributed by atoms with Crippen molar-refractivity contribution in [1.82, 2.24) is 14.5 Å². The van der Waals surface area contributed by atoms with Crippen molar-refractivity contribution in [3.63, 3.8) is 0 Å². The molecule has 2 aromatic rings. The molecule has 0 unspecified atom stereocenters.